The molecule has 2 heteroatoms. The van der Waals surface area contributed by atoms with Gasteiger partial charge in [-0.3, -0.25) is 0 Å². The predicted molar refractivity (Wildman–Crippen MR) is 71.3 cm³/mol. The van der Waals surface area contributed by atoms with Crippen molar-refractivity contribution in [3.05, 3.63) is 35.9 Å². The number of rotatable bonds is 1. The van der Waals surface area contributed by atoms with Crippen LogP contribution < -0.4 is 0 Å². The van der Waals surface area contributed by atoms with Gasteiger partial charge in [-0.2, -0.15) is 0 Å². The van der Waals surface area contributed by atoms with Crippen molar-refractivity contribution < 1.29 is 10.2 Å². The Morgan fingerprint density at radius 1 is 0.833 bits per heavy atom. The fraction of sp³-hybridized carbons (Fsp3) is 0.625. The van der Waals surface area contributed by atoms with E-state index in [1.165, 1.54) is 12.0 Å². The van der Waals surface area contributed by atoms with E-state index in [4.69, 9.17) is 0 Å². The van der Waals surface area contributed by atoms with Gasteiger partial charge in [0.25, 0.3) is 0 Å². The lowest BCUT2D eigenvalue weighted by Gasteiger charge is -2.46. The van der Waals surface area contributed by atoms with Gasteiger partial charge >= 0.3 is 0 Å². The maximum Gasteiger partial charge on any atom is 0.0578 e. The number of hydrogen-bond acceptors (Lipinski definition) is 2. The number of aliphatic hydroxyl groups excluding tert-OH is 2. The highest BCUT2D eigenvalue weighted by Crippen LogP contribution is 2.48. The molecular weight excluding hydrogens is 224 g/mol. The van der Waals surface area contributed by atoms with Gasteiger partial charge < -0.3 is 10.2 Å². The van der Waals surface area contributed by atoms with Crippen LogP contribution in [0.15, 0.2) is 30.3 Å². The van der Waals surface area contributed by atoms with Crippen LogP contribution in [0.4, 0.5) is 0 Å². The van der Waals surface area contributed by atoms with E-state index in [-0.39, 0.29) is 18.1 Å². The summed E-state index contributed by atoms with van der Waals surface area (Å²) in [4.78, 5) is 0. The molecule has 2 nitrogen and oxygen atoms in total. The lowest BCUT2D eigenvalue weighted by Crippen LogP contribution is -2.45. The third-order valence-electron chi connectivity index (χ3n) is 4.94. The molecule has 2 aliphatic rings. The van der Waals surface area contributed by atoms with E-state index in [2.05, 4.69) is 24.3 Å². The molecule has 0 amide bonds. The first kappa shape index (κ1) is 12.2. The van der Waals surface area contributed by atoms with E-state index < -0.39 is 0 Å². The van der Waals surface area contributed by atoms with Gasteiger partial charge in [0.15, 0.2) is 0 Å². The summed E-state index contributed by atoms with van der Waals surface area (Å²) < 4.78 is 0. The van der Waals surface area contributed by atoms with E-state index in [1.807, 2.05) is 6.07 Å². The summed E-state index contributed by atoms with van der Waals surface area (Å²) in [5.41, 5.74) is 1.33. The Hall–Kier alpha value is -0.860. The van der Waals surface area contributed by atoms with Gasteiger partial charge in [-0.1, -0.05) is 36.8 Å². The van der Waals surface area contributed by atoms with Crippen molar-refractivity contribution in [3.8, 4) is 0 Å². The number of aliphatic hydroxyl groups is 2. The molecule has 1 aromatic rings. The topological polar surface area (TPSA) is 40.5 Å². The highest BCUT2D eigenvalue weighted by atomic mass is 16.3. The van der Waals surface area contributed by atoms with Crippen LogP contribution in [0.2, 0.25) is 0 Å². The molecule has 0 unspecified atom stereocenters. The fourth-order valence-electron chi connectivity index (χ4n) is 4.10. The van der Waals surface area contributed by atoms with Crippen LogP contribution >= 0.6 is 0 Å². The van der Waals surface area contributed by atoms with Gasteiger partial charge in [0.1, 0.15) is 0 Å². The van der Waals surface area contributed by atoms with E-state index in [9.17, 15) is 10.2 Å². The predicted octanol–water partition coefficient (Wildman–Crippen LogP) is 2.70. The average Bonchev–Trinajstić information content (AvgIpc) is 2.43. The summed E-state index contributed by atoms with van der Waals surface area (Å²) in [6, 6.07) is 10.5. The van der Waals surface area contributed by atoms with Gasteiger partial charge in [-0.05, 0) is 49.0 Å². The molecule has 18 heavy (non-hydrogen) atoms. The maximum atomic E-state index is 10.3. The third-order valence-corrected chi connectivity index (χ3v) is 4.94. The molecule has 0 spiro atoms. The van der Waals surface area contributed by atoms with Crippen molar-refractivity contribution in [2.75, 3.05) is 0 Å². The Balaban J connectivity index is 1.90. The molecule has 0 bridgehead atoms. The van der Waals surface area contributed by atoms with Crippen molar-refractivity contribution in [2.24, 2.45) is 11.8 Å². The van der Waals surface area contributed by atoms with Gasteiger partial charge in [0.2, 0.25) is 0 Å². The summed E-state index contributed by atoms with van der Waals surface area (Å²) in [6.07, 6.45) is 4.48. The zero-order chi connectivity index (χ0) is 12.5. The van der Waals surface area contributed by atoms with Crippen LogP contribution in [-0.2, 0) is 0 Å². The highest BCUT2D eigenvalue weighted by Gasteiger charge is 2.44. The Morgan fingerprint density at radius 2 is 1.56 bits per heavy atom. The van der Waals surface area contributed by atoms with Crippen molar-refractivity contribution in [2.45, 2.75) is 50.2 Å². The molecule has 98 valence electrons. The molecule has 2 aliphatic carbocycles. The van der Waals surface area contributed by atoms with Crippen LogP contribution in [0, 0.1) is 11.8 Å². The molecule has 5 atom stereocenters. The van der Waals surface area contributed by atoms with Crippen molar-refractivity contribution in [1.82, 2.24) is 0 Å². The average molecular weight is 246 g/mol. The standard InChI is InChI=1S/C16H22O2/c17-14-9-10-15(18)16-12(7-4-8-13(14)16)11-5-2-1-3-6-11/h1-3,5-6,12-18H,4,7-10H2/t12-,13+,14-,15+,16-/m0/s1. The summed E-state index contributed by atoms with van der Waals surface area (Å²) in [5.74, 6) is 0.979. The van der Waals surface area contributed by atoms with Crippen molar-refractivity contribution in [3.63, 3.8) is 0 Å². The Morgan fingerprint density at radius 3 is 2.33 bits per heavy atom. The largest absolute Gasteiger partial charge is 0.393 e. The molecule has 3 rings (SSSR count). The monoisotopic (exact) mass is 246 g/mol. The smallest absolute Gasteiger partial charge is 0.0578 e. The van der Waals surface area contributed by atoms with Gasteiger partial charge in [0.05, 0.1) is 12.2 Å². The third kappa shape index (κ3) is 2.08. The second kappa shape index (κ2) is 5.02. The van der Waals surface area contributed by atoms with E-state index in [1.54, 1.807) is 0 Å². The van der Waals surface area contributed by atoms with Gasteiger partial charge in [-0.15, -0.1) is 0 Å². The molecule has 0 heterocycles. The maximum absolute atomic E-state index is 10.3. The molecule has 0 saturated heterocycles. The van der Waals surface area contributed by atoms with Crippen LogP contribution in [0.1, 0.15) is 43.6 Å². The fourth-order valence-corrected chi connectivity index (χ4v) is 4.10. The van der Waals surface area contributed by atoms with Gasteiger partial charge in [-0.25, -0.2) is 0 Å². The lowest BCUT2D eigenvalue weighted by atomic mass is 9.61. The van der Waals surface area contributed by atoms with E-state index in [0.29, 0.717) is 11.8 Å². The summed E-state index contributed by atoms with van der Waals surface area (Å²) in [7, 11) is 0. The molecule has 2 N–H and O–H groups in total. The van der Waals surface area contributed by atoms with Crippen molar-refractivity contribution >= 4 is 0 Å². The second-order valence-corrected chi connectivity index (χ2v) is 5.90. The van der Waals surface area contributed by atoms with Crippen LogP contribution in [-0.4, -0.2) is 22.4 Å². The van der Waals surface area contributed by atoms with Gasteiger partial charge in [0, 0.05) is 0 Å². The molecule has 2 saturated carbocycles. The van der Waals surface area contributed by atoms with Crippen LogP contribution in [0.3, 0.4) is 0 Å². The summed E-state index contributed by atoms with van der Waals surface area (Å²) in [6.45, 7) is 0. The zero-order valence-electron chi connectivity index (χ0n) is 10.7. The first-order chi connectivity index (χ1) is 8.77. The Kier molecular flexibility index (Phi) is 3.40. The Bertz CT molecular complexity index is 389. The summed E-state index contributed by atoms with van der Waals surface area (Å²) in [5, 5.41) is 20.5. The first-order valence-corrected chi connectivity index (χ1v) is 7.18. The molecule has 0 radical (unpaired) electrons. The van der Waals surface area contributed by atoms with E-state index in [0.717, 1.165) is 25.7 Å². The summed E-state index contributed by atoms with van der Waals surface area (Å²) >= 11 is 0. The molecule has 0 aliphatic heterocycles. The minimum atomic E-state index is -0.232. The zero-order valence-corrected chi connectivity index (χ0v) is 10.7. The van der Waals surface area contributed by atoms with Crippen LogP contribution in [0.25, 0.3) is 0 Å². The Labute approximate surface area is 109 Å². The number of fused-ring (bicyclic) bond motifs is 1. The highest BCUT2D eigenvalue weighted by molar-refractivity contribution is 5.22. The quantitative estimate of drug-likeness (QED) is 0.800. The SMILES string of the molecule is O[C@@H]1CC[C@H](O)[C@H]2CCC[C@@H](c3ccccc3)[C@@H]21. The van der Waals surface area contributed by atoms with E-state index >= 15 is 0 Å². The normalized spacial score (nSPS) is 40.2. The first-order valence-electron chi connectivity index (χ1n) is 7.18. The lowest BCUT2D eigenvalue weighted by molar-refractivity contribution is -0.0701. The number of benzene rings is 1. The molecule has 0 aromatic heterocycles. The molecule has 2 fully saturated rings. The van der Waals surface area contributed by atoms with Crippen LogP contribution in [0.5, 0.6) is 0 Å². The minimum Gasteiger partial charge on any atom is -0.393 e. The van der Waals surface area contributed by atoms with Crippen molar-refractivity contribution in [1.29, 1.82) is 0 Å². The molecular formula is C16H22O2. The second-order valence-electron chi connectivity index (χ2n) is 5.90. The minimum absolute atomic E-state index is 0.204. The number of hydrogen-bond donors (Lipinski definition) is 2. The molecule has 1 aromatic carbocycles.